The van der Waals surface area contributed by atoms with E-state index in [0.29, 0.717) is 13.2 Å². The van der Waals surface area contributed by atoms with Gasteiger partial charge in [-0.25, -0.2) is 0 Å². The highest BCUT2D eigenvalue weighted by molar-refractivity contribution is 4.90. The summed E-state index contributed by atoms with van der Waals surface area (Å²) in [5.74, 6) is 0. The second kappa shape index (κ2) is 5.63. The lowest BCUT2D eigenvalue weighted by Gasteiger charge is -2.39. The first-order valence-electron chi connectivity index (χ1n) is 4.66. The number of ether oxygens (including phenoxy) is 4. The molecule has 0 aromatic rings. The Morgan fingerprint density at radius 2 is 1.86 bits per heavy atom. The Kier molecular flexibility index (Phi) is 4.77. The van der Waals surface area contributed by atoms with Crippen LogP contribution in [0.25, 0.3) is 0 Å². The third-order valence-corrected chi connectivity index (χ3v) is 2.49. The Morgan fingerprint density at radius 1 is 1.21 bits per heavy atom. The quantitative estimate of drug-likeness (QED) is 0.663. The fraction of sp³-hybridized carbons (Fsp3) is 1.00. The highest BCUT2D eigenvalue weighted by atomic mass is 16.6. The summed E-state index contributed by atoms with van der Waals surface area (Å²) in [5, 5.41) is 0. The molecule has 14 heavy (non-hydrogen) atoms. The van der Waals surface area contributed by atoms with Crippen molar-refractivity contribution >= 4 is 0 Å². The molecule has 0 saturated carbocycles. The van der Waals surface area contributed by atoms with E-state index in [0.717, 1.165) is 0 Å². The van der Waals surface area contributed by atoms with Crippen LogP contribution in [0.15, 0.2) is 0 Å². The highest BCUT2D eigenvalue weighted by Gasteiger charge is 2.39. The van der Waals surface area contributed by atoms with E-state index >= 15 is 0 Å². The lowest BCUT2D eigenvalue weighted by molar-refractivity contribution is -0.178. The predicted molar refractivity (Wildman–Crippen MR) is 51.2 cm³/mol. The fourth-order valence-corrected chi connectivity index (χ4v) is 1.78. The lowest BCUT2D eigenvalue weighted by Crippen LogP contribution is -2.58. The van der Waals surface area contributed by atoms with Crippen LogP contribution in [0.5, 0.6) is 0 Å². The van der Waals surface area contributed by atoms with Gasteiger partial charge in [-0.15, -0.1) is 0 Å². The Bertz CT molecular complexity index is 167. The molecule has 1 rings (SSSR count). The van der Waals surface area contributed by atoms with Crippen molar-refractivity contribution in [1.82, 2.24) is 0 Å². The monoisotopic (exact) mass is 205 g/mol. The molecular formula is C9H19NO4. The van der Waals surface area contributed by atoms with Crippen LogP contribution in [0, 0.1) is 0 Å². The molecule has 1 fully saturated rings. The summed E-state index contributed by atoms with van der Waals surface area (Å²) in [4.78, 5) is 0. The van der Waals surface area contributed by atoms with Crippen LogP contribution in [-0.4, -0.2) is 58.9 Å². The minimum absolute atomic E-state index is 0.102. The van der Waals surface area contributed by atoms with Crippen LogP contribution >= 0.6 is 0 Å². The molecule has 0 spiro atoms. The molecule has 4 unspecified atom stereocenters. The number of rotatable bonds is 4. The average Bonchev–Trinajstić information content (AvgIpc) is 2.20. The minimum atomic E-state index is -0.163. The third-order valence-electron chi connectivity index (χ3n) is 2.49. The fourth-order valence-electron chi connectivity index (χ4n) is 1.78. The van der Waals surface area contributed by atoms with E-state index < -0.39 is 0 Å². The molecule has 1 aliphatic rings. The van der Waals surface area contributed by atoms with Gasteiger partial charge in [0.25, 0.3) is 0 Å². The summed E-state index contributed by atoms with van der Waals surface area (Å²) < 4.78 is 21.2. The minimum Gasteiger partial charge on any atom is -0.382 e. The van der Waals surface area contributed by atoms with E-state index in [2.05, 4.69) is 0 Å². The Hall–Kier alpha value is -0.200. The van der Waals surface area contributed by atoms with Gasteiger partial charge >= 0.3 is 0 Å². The SMILES string of the molecule is COCC1OCC(N)C(OC)C1OC. The van der Waals surface area contributed by atoms with Crippen LogP contribution in [0.2, 0.25) is 0 Å². The Balaban J connectivity index is 2.61. The van der Waals surface area contributed by atoms with E-state index in [-0.39, 0.29) is 24.4 Å². The van der Waals surface area contributed by atoms with Gasteiger partial charge in [0.2, 0.25) is 0 Å². The summed E-state index contributed by atoms with van der Waals surface area (Å²) in [5.41, 5.74) is 5.84. The molecule has 0 aliphatic carbocycles. The normalized spacial score (nSPS) is 38.6. The first-order chi connectivity index (χ1) is 6.74. The molecule has 0 bridgehead atoms. The maximum Gasteiger partial charge on any atom is 0.113 e. The summed E-state index contributed by atoms with van der Waals surface area (Å²) in [6, 6.07) is -0.141. The van der Waals surface area contributed by atoms with Crippen LogP contribution in [0.3, 0.4) is 0 Å². The zero-order chi connectivity index (χ0) is 10.6. The van der Waals surface area contributed by atoms with E-state index in [9.17, 15) is 0 Å². The van der Waals surface area contributed by atoms with Gasteiger partial charge in [-0.05, 0) is 0 Å². The lowest BCUT2D eigenvalue weighted by atomic mass is 9.99. The molecular weight excluding hydrogens is 186 g/mol. The number of methoxy groups -OCH3 is 3. The van der Waals surface area contributed by atoms with Crippen molar-refractivity contribution in [2.75, 3.05) is 34.5 Å². The average molecular weight is 205 g/mol. The van der Waals surface area contributed by atoms with Gasteiger partial charge in [0.15, 0.2) is 0 Å². The summed E-state index contributed by atoms with van der Waals surface area (Å²) in [7, 11) is 4.89. The molecule has 4 atom stereocenters. The van der Waals surface area contributed by atoms with Gasteiger partial charge in [0, 0.05) is 21.3 Å². The molecule has 0 aromatic heterocycles. The smallest absolute Gasteiger partial charge is 0.113 e. The van der Waals surface area contributed by atoms with E-state index in [1.165, 1.54) is 0 Å². The van der Waals surface area contributed by atoms with Crippen molar-refractivity contribution in [3.05, 3.63) is 0 Å². The van der Waals surface area contributed by atoms with Crippen LogP contribution in [0.4, 0.5) is 0 Å². The second-order valence-corrected chi connectivity index (χ2v) is 3.39. The molecule has 1 aliphatic heterocycles. The number of hydrogen-bond donors (Lipinski definition) is 1. The van der Waals surface area contributed by atoms with E-state index in [1.54, 1.807) is 21.3 Å². The third kappa shape index (κ3) is 2.43. The van der Waals surface area contributed by atoms with Gasteiger partial charge in [-0.2, -0.15) is 0 Å². The van der Waals surface area contributed by atoms with Crippen molar-refractivity contribution < 1.29 is 18.9 Å². The zero-order valence-corrected chi connectivity index (χ0v) is 8.93. The molecule has 0 aromatic carbocycles. The number of hydrogen-bond acceptors (Lipinski definition) is 5. The van der Waals surface area contributed by atoms with Crippen molar-refractivity contribution in [2.24, 2.45) is 5.73 Å². The van der Waals surface area contributed by atoms with Crippen LogP contribution < -0.4 is 5.73 Å². The predicted octanol–water partition coefficient (Wildman–Crippen LogP) is -0.611. The molecule has 5 nitrogen and oxygen atoms in total. The molecule has 0 radical (unpaired) electrons. The largest absolute Gasteiger partial charge is 0.382 e. The Morgan fingerprint density at radius 3 is 2.36 bits per heavy atom. The summed E-state index contributed by atoms with van der Waals surface area (Å²) >= 11 is 0. The zero-order valence-electron chi connectivity index (χ0n) is 8.93. The van der Waals surface area contributed by atoms with E-state index in [4.69, 9.17) is 24.7 Å². The van der Waals surface area contributed by atoms with Crippen molar-refractivity contribution in [1.29, 1.82) is 0 Å². The van der Waals surface area contributed by atoms with Crippen molar-refractivity contribution in [3.63, 3.8) is 0 Å². The summed E-state index contributed by atoms with van der Waals surface area (Å²) in [6.07, 6.45) is -0.396. The van der Waals surface area contributed by atoms with Gasteiger partial charge < -0.3 is 24.7 Å². The highest BCUT2D eigenvalue weighted by Crippen LogP contribution is 2.19. The molecule has 5 heteroatoms. The molecule has 84 valence electrons. The molecule has 2 N–H and O–H groups in total. The van der Waals surface area contributed by atoms with Gasteiger partial charge in [-0.1, -0.05) is 0 Å². The van der Waals surface area contributed by atoms with Crippen molar-refractivity contribution in [2.45, 2.75) is 24.4 Å². The Labute approximate surface area is 84.4 Å². The van der Waals surface area contributed by atoms with E-state index in [1.807, 2.05) is 0 Å². The standard InChI is InChI=1S/C9H19NO4/c1-11-5-7-9(13-3)8(12-2)6(10)4-14-7/h6-9H,4-5,10H2,1-3H3. The first kappa shape index (κ1) is 11.9. The topological polar surface area (TPSA) is 62.9 Å². The first-order valence-corrected chi connectivity index (χ1v) is 4.66. The van der Waals surface area contributed by atoms with Crippen LogP contribution in [-0.2, 0) is 18.9 Å². The second-order valence-electron chi connectivity index (χ2n) is 3.39. The number of nitrogens with two attached hydrogens (primary N) is 1. The maximum absolute atomic E-state index is 5.84. The van der Waals surface area contributed by atoms with Crippen molar-refractivity contribution in [3.8, 4) is 0 Å². The molecule has 0 amide bonds. The summed E-state index contributed by atoms with van der Waals surface area (Å²) in [6.45, 7) is 0.970. The maximum atomic E-state index is 5.84. The molecule has 1 saturated heterocycles. The molecule has 1 heterocycles. The van der Waals surface area contributed by atoms with Gasteiger partial charge in [-0.3, -0.25) is 0 Å². The van der Waals surface area contributed by atoms with Gasteiger partial charge in [0.05, 0.1) is 19.3 Å². The van der Waals surface area contributed by atoms with Crippen LogP contribution in [0.1, 0.15) is 0 Å². The van der Waals surface area contributed by atoms with Gasteiger partial charge in [0.1, 0.15) is 18.3 Å².